The number of rotatable bonds is 7. The van der Waals surface area contributed by atoms with Crippen LogP contribution in [0.1, 0.15) is 41.7 Å². The van der Waals surface area contributed by atoms with E-state index in [0.717, 1.165) is 25.2 Å². The van der Waals surface area contributed by atoms with Gasteiger partial charge in [0.2, 0.25) is 5.91 Å². The molecule has 1 atom stereocenters. The average molecular weight is 363 g/mol. The fraction of sp³-hybridized carbons (Fsp3) is 0.579. The Morgan fingerprint density at radius 1 is 1.23 bits per heavy atom. The van der Waals surface area contributed by atoms with E-state index in [0.29, 0.717) is 25.0 Å². The summed E-state index contributed by atoms with van der Waals surface area (Å²) in [6.07, 6.45) is 1.24. The van der Waals surface area contributed by atoms with Gasteiger partial charge in [0.25, 0.3) is 0 Å². The Balaban J connectivity index is 1.91. The summed E-state index contributed by atoms with van der Waals surface area (Å²) in [4.78, 5) is 26.4. The van der Waals surface area contributed by atoms with E-state index >= 15 is 0 Å². The Morgan fingerprint density at radius 3 is 2.38 bits per heavy atom. The van der Waals surface area contributed by atoms with Crippen LogP contribution in [0.3, 0.4) is 0 Å². The molecule has 1 aliphatic rings. The van der Waals surface area contributed by atoms with Crippen molar-refractivity contribution in [3.8, 4) is 0 Å². The largest absolute Gasteiger partial charge is 0.465 e. The molecule has 1 saturated heterocycles. The van der Waals surface area contributed by atoms with E-state index in [9.17, 15) is 9.59 Å². The standard InChI is InChI=1S/C19H29N3O4/c1-14(15-4-6-16(7-5-15)17(23)26-3)21-18(24)19(20)8-10-22(11-9-19)12-13-25-2/h4-7,14H,8-13,20H2,1-3H3,(H,21,24)/t14-/m0/s1. The number of carbonyl (C=O) groups is 2. The number of ether oxygens (including phenoxy) is 2. The zero-order valence-corrected chi connectivity index (χ0v) is 15.8. The quantitative estimate of drug-likeness (QED) is 0.705. The molecule has 1 amide bonds. The number of hydrogen-bond donors (Lipinski definition) is 2. The van der Waals surface area contributed by atoms with Gasteiger partial charge >= 0.3 is 5.97 Å². The van der Waals surface area contributed by atoms with Crippen LogP contribution in [0.4, 0.5) is 0 Å². The van der Waals surface area contributed by atoms with Crippen molar-refractivity contribution in [1.82, 2.24) is 10.2 Å². The van der Waals surface area contributed by atoms with E-state index in [-0.39, 0.29) is 17.9 Å². The van der Waals surface area contributed by atoms with Crippen molar-refractivity contribution in [2.45, 2.75) is 31.3 Å². The molecule has 1 aliphatic heterocycles. The van der Waals surface area contributed by atoms with Gasteiger partial charge in [-0.15, -0.1) is 0 Å². The third-order valence-corrected chi connectivity index (χ3v) is 4.99. The van der Waals surface area contributed by atoms with Crippen molar-refractivity contribution in [1.29, 1.82) is 0 Å². The fourth-order valence-electron chi connectivity index (χ4n) is 3.07. The lowest BCUT2D eigenvalue weighted by atomic mass is 9.87. The maximum Gasteiger partial charge on any atom is 0.337 e. The van der Waals surface area contributed by atoms with Gasteiger partial charge in [0, 0.05) is 26.7 Å². The Kier molecular flexibility index (Phi) is 7.14. The van der Waals surface area contributed by atoms with Gasteiger partial charge in [-0.2, -0.15) is 0 Å². The first kappa shape index (κ1) is 20.4. The molecule has 1 fully saturated rings. The highest BCUT2D eigenvalue weighted by Crippen LogP contribution is 2.22. The van der Waals surface area contributed by atoms with E-state index in [1.54, 1.807) is 19.2 Å². The van der Waals surface area contributed by atoms with E-state index in [4.69, 9.17) is 10.5 Å². The SMILES string of the molecule is COCCN1CCC(N)(C(=O)N[C@@H](C)c2ccc(C(=O)OC)cc2)CC1. The van der Waals surface area contributed by atoms with Gasteiger partial charge in [0.1, 0.15) is 0 Å². The first-order valence-corrected chi connectivity index (χ1v) is 8.89. The van der Waals surface area contributed by atoms with Crippen LogP contribution in [0, 0.1) is 0 Å². The number of nitrogens with one attached hydrogen (secondary N) is 1. The lowest BCUT2D eigenvalue weighted by Gasteiger charge is -2.38. The van der Waals surface area contributed by atoms with Crippen molar-refractivity contribution in [3.63, 3.8) is 0 Å². The third-order valence-electron chi connectivity index (χ3n) is 4.99. The average Bonchev–Trinajstić information content (AvgIpc) is 2.67. The second-order valence-electron chi connectivity index (χ2n) is 6.80. The van der Waals surface area contributed by atoms with E-state index in [1.165, 1.54) is 7.11 Å². The molecule has 7 nitrogen and oxygen atoms in total. The molecule has 1 heterocycles. The third kappa shape index (κ3) is 5.03. The second-order valence-corrected chi connectivity index (χ2v) is 6.80. The van der Waals surface area contributed by atoms with Crippen molar-refractivity contribution in [3.05, 3.63) is 35.4 Å². The number of esters is 1. The van der Waals surface area contributed by atoms with Crippen molar-refractivity contribution in [2.75, 3.05) is 40.5 Å². The minimum Gasteiger partial charge on any atom is -0.465 e. The minimum absolute atomic E-state index is 0.131. The smallest absolute Gasteiger partial charge is 0.337 e. The number of hydrogen-bond acceptors (Lipinski definition) is 6. The number of nitrogens with zero attached hydrogens (tertiary/aromatic N) is 1. The molecular weight excluding hydrogens is 334 g/mol. The Bertz CT molecular complexity index is 610. The summed E-state index contributed by atoms with van der Waals surface area (Å²) >= 11 is 0. The minimum atomic E-state index is -0.843. The van der Waals surface area contributed by atoms with Crippen LogP contribution in [-0.2, 0) is 14.3 Å². The molecule has 2 rings (SSSR count). The van der Waals surface area contributed by atoms with Crippen LogP contribution >= 0.6 is 0 Å². The molecule has 0 spiro atoms. The Morgan fingerprint density at radius 2 is 1.85 bits per heavy atom. The molecule has 0 saturated carbocycles. The van der Waals surface area contributed by atoms with Crippen LogP contribution in [0.2, 0.25) is 0 Å². The highest BCUT2D eigenvalue weighted by Gasteiger charge is 2.38. The zero-order chi connectivity index (χ0) is 19.2. The first-order valence-electron chi connectivity index (χ1n) is 8.89. The maximum absolute atomic E-state index is 12.7. The molecule has 0 radical (unpaired) electrons. The number of carbonyl (C=O) groups excluding carboxylic acids is 2. The second kappa shape index (κ2) is 9.12. The van der Waals surface area contributed by atoms with Gasteiger partial charge in [0.15, 0.2) is 0 Å². The summed E-state index contributed by atoms with van der Waals surface area (Å²) in [7, 11) is 3.03. The molecule has 0 bridgehead atoms. The van der Waals surface area contributed by atoms with Gasteiger partial charge in [0.05, 0.1) is 30.9 Å². The predicted molar refractivity (Wildman–Crippen MR) is 98.8 cm³/mol. The van der Waals surface area contributed by atoms with Crippen LogP contribution < -0.4 is 11.1 Å². The van der Waals surface area contributed by atoms with Gasteiger partial charge in [-0.05, 0) is 37.5 Å². The summed E-state index contributed by atoms with van der Waals surface area (Å²) < 4.78 is 9.78. The highest BCUT2D eigenvalue weighted by atomic mass is 16.5. The normalized spacial score (nSPS) is 18.2. The molecule has 0 unspecified atom stereocenters. The lowest BCUT2D eigenvalue weighted by molar-refractivity contribution is -0.128. The van der Waals surface area contributed by atoms with Crippen LogP contribution in [-0.4, -0.2) is 62.8 Å². The number of methoxy groups -OCH3 is 2. The summed E-state index contributed by atoms with van der Waals surface area (Å²) in [6, 6.07) is 6.81. The van der Waals surface area contributed by atoms with Crippen LogP contribution in [0.25, 0.3) is 0 Å². The van der Waals surface area contributed by atoms with Crippen molar-refractivity contribution in [2.24, 2.45) is 5.73 Å². The first-order chi connectivity index (χ1) is 12.4. The molecule has 144 valence electrons. The Hall–Kier alpha value is -1.96. The highest BCUT2D eigenvalue weighted by molar-refractivity contribution is 5.89. The molecular formula is C19H29N3O4. The molecule has 1 aromatic carbocycles. The summed E-state index contributed by atoms with van der Waals surface area (Å²) in [6.45, 7) is 5.02. The monoisotopic (exact) mass is 363 g/mol. The van der Waals surface area contributed by atoms with E-state index < -0.39 is 5.54 Å². The van der Waals surface area contributed by atoms with Crippen LogP contribution in [0.15, 0.2) is 24.3 Å². The number of likely N-dealkylation sites (tertiary alicyclic amines) is 1. The van der Waals surface area contributed by atoms with Gasteiger partial charge in [-0.3, -0.25) is 4.79 Å². The summed E-state index contributed by atoms with van der Waals surface area (Å²) in [5, 5.41) is 3.00. The number of benzene rings is 1. The maximum atomic E-state index is 12.7. The molecule has 0 aliphatic carbocycles. The van der Waals surface area contributed by atoms with Gasteiger partial charge in [-0.25, -0.2) is 4.79 Å². The predicted octanol–water partition coefficient (Wildman–Crippen LogP) is 1.09. The van der Waals surface area contributed by atoms with E-state index in [2.05, 4.69) is 15.0 Å². The lowest BCUT2D eigenvalue weighted by Crippen LogP contribution is -2.60. The summed E-state index contributed by atoms with van der Waals surface area (Å²) in [5.41, 5.74) is 6.92. The number of piperidine rings is 1. The number of nitrogens with two attached hydrogens (primary N) is 1. The topological polar surface area (TPSA) is 93.9 Å². The van der Waals surface area contributed by atoms with Crippen LogP contribution in [0.5, 0.6) is 0 Å². The summed E-state index contributed by atoms with van der Waals surface area (Å²) in [5.74, 6) is -0.511. The molecule has 7 heteroatoms. The Labute approximate surface area is 154 Å². The van der Waals surface area contributed by atoms with Gasteiger partial charge in [-0.1, -0.05) is 12.1 Å². The van der Waals surface area contributed by atoms with Gasteiger partial charge < -0.3 is 25.4 Å². The molecule has 26 heavy (non-hydrogen) atoms. The zero-order valence-electron chi connectivity index (χ0n) is 15.8. The fourth-order valence-corrected chi connectivity index (χ4v) is 3.07. The molecule has 3 N–H and O–H groups in total. The van der Waals surface area contributed by atoms with E-state index in [1.807, 2.05) is 19.1 Å². The van der Waals surface area contributed by atoms with Crippen molar-refractivity contribution < 1.29 is 19.1 Å². The number of amides is 1. The van der Waals surface area contributed by atoms with Crippen molar-refractivity contribution >= 4 is 11.9 Å². The molecule has 1 aromatic rings. The molecule has 0 aromatic heterocycles.